The number of hydrogen-bond donors (Lipinski definition) is 1. The van der Waals surface area contributed by atoms with Gasteiger partial charge in [0.2, 0.25) is 0 Å². The molecule has 1 N–H and O–H groups in total. The molecule has 1 aromatic heterocycles. The van der Waals surface area contributed by atoms with Crippen LogP contribution < -0.4 is 0 Å². The largest absolute Gasteiger partial charge is 0.358 e. The number of aryl methyl sites for hydroxylation is 1. The zero-order chi connectivity index (χ0) is 11.8. The van der Waals surface area contributed by atoms with Gasteiger partial charge in [-0.15, -0.1) is 0 Å². The Kier molecular flexibility index (Phi) is 2.52. The molecular formula is C14H13ClN2. The number of fused-ring (bicyclic) bond motifs is 1. The highest BCUT2D eigenvalue weighted by Gasteiger charge is 2.16. The molecule has 86 valence electrons. The first-order valence-corrected chi connectivity index (χ1v) is 6.08. The summed E-state index contributed by atoms with van der Waals surface area (Å²) in [5.41, 5.74) is 3.60. The molecule has 2 nitrogen and oxygen atoms in total. The number of rotatable bonds is 1. The molecule has 0 bridgehead atoms. The number of halogens is 1. The molecule has 1 aromatic carbocycles. The molecule has 1 aliphatic rings. The maximum absolute atomic E-state index is 6.07. The lowest BCUT2D eigenvalue weighted by atomic mass is 9.95. The Bertz CT molecular complexity index is 610. The number of hydrogen-bond acceptors (Lipinski definition) is 1. The lowest BCUT2D eigenvalue weighted by Crippen LogP contribution is -2.02. The number of H-pyrrole nitrogens is 1. The number of nitrogens with zero attached hydrogens (tertiary/aromatic N) is 1. The van der Waals surface area contributed by atoms with E-state index in [1.54, 1.807) is 0 Å². The minimum atomic E-state index is 0.260. The first-order valence-electron chi connectivity index (χ1n) is 5.70. The molecule has 1 atom stereocenters. The van der Waals surface area contributed by atoms with Crippen molar-refractivity contribution in [2.45, 2.75) is 12.8 Å². The smallest absolute Gasteiger partial charge is 0.0567 e. The van der Waals surface area contributed by atoms with Crippen LogP contribution in [0.5, 0.6) is 0 Å². The monoisotopic (exact) mass is 244 g/mol. The van der Waals surface area contributed by atoms with Crippen molar-refractivity contribution in [3.05, 3.63) is 46.6 Å². The number of aromatic nitrogens is 1. The van der Waals surface area contributed by atoms with E-state index in [0.29, 0.717) is 0 Å². The van der Waals surface area contributed by atoms with Crippen LogP contribution in [0, 0.1) is 6.92 Å². The Morgan fingerprint density at radius 2 is 2.29 bits per heavy atom. The summed E-state index contributed by atoms with van der Waals surface area (Å²) in [6.45, 7) is 2.89. The van der Waals surface area contributed by atoms with Gasteiger partial charge in [0.05, 0.1) is 6.54 Å². The Hall–Kier alpha value is -1.54. The minimum Gasteiger partial charge on any atom is -0.358 e. The van der Waals surface area contributed by atoms with Crippen LogP contribution >= 0.6 is 11.6 Å². The number of aromatic amines is 1. The van der Waals surface area contributed by atoms with Crippen molar-refractivity contribution in [3.8, 4) is 0 Å². The molecule has 3 rings (SSSR count). The zero-order valence-electron chi connectivity index (χ0n) is 9.57. The molecule has 1 aliphatic heterocycles. The Morgan fingerprint density at radius 3 is 3.06 bits per heavy atom. The molecule has 0 spiro atoms. The van der Waals surface area contributed by atoms with E-state index in [1.807, 2.05) is 24.4 Å². The molecule has 2 aromatic rings. The topological polar surface area (TPSA) is 28.1 Å². The maximum atomic E-state index is 6.07. The first-order chi connectivity index (χ1) is 8.25. The Labute approximate surface area is 105 Å². The number of nitrogens with one attached hydrogen (secondary N) is 1. The van der Waals surface area contributed by atoms with Crippen molar-refractivity contribution in [1.29, 1.82) is 0 Å². The lowest BCUT2D eigenvalue weighted by molar-refractivity contribution is 1.07. The number of dihydropyridines is 1. The van der Waals surface area contributed by atoms with E-state index in [4.69, 9.17) is 11.6 Å². The molecule has 2 heterocycles. The van der Waals surface area contributed by atoms with Crippen LogP contribution in [0.2, 0.25) is 5.02 Å². The van der Waals surface area contributed by atoms with E-state index in [9.17, 15) is 0 Å². The normalized spacial score (nSPS) is 19.1. The number of benzene rings is 1. The Morgan fingerprint density at radius 1 is 1.41 bits per heavy atom. The second-order valence-electron chi connectivity index (χ2n) is 4.32. The molecule has 0 fully saturated rings. The van der Waals surface area contributed by atoms with Crippen LogP contribution in [0.1, 0.15) is 17.2 Å². The summed E-state index contributed by atoms with van der Waals surface area (Å²) in [5.74, 6) is 0.260. The van der Waals surface area contributed by atoms with Crippen molar-refractivity contribution >= 4 is 28.7 Å². The average molecular weight is 245 g/mol. The fourth-order valence-electron chi connectivity index (χ4n) is 2.41. The Balaban J connectivity index is 2.23. The number of aliphatic imine (C=N–C) groups is 1. The van der Waals surface area contributed by atoms with Gasteiger partial charge in [-0.2, -0.15) is 0 Å². The molecular weight excluding hydrogens is 232 g/mol. The van der Waals surface area contributed by atoms with Crippen molar-refractivity contribution in [2.24, 2.45) is 4.99 Å². The van der Waals surface area contributed by atoms with Gasteiger partial charge in [-0.1, -0.05) is 23.8 Å². The molecule has 0 aliphatic carbocycles. The van der Waals surface area contributed by atoms with E-state index >= 15 is 0 Å². The van der Waals surface area contributed by atoms with E-state index in [0.717, 1.165) is 17.1 Å². The summed E-state index contributed by atoms with van der Waals surface area (Å²) in [6, 6.07) is 5.96. The highest BCUT2D eigenvalue weighted by molar-refractivity contribution is 6.31. The SMILES string of the molecule is Cc1[nH]c2ccc(Cl)cc2c1C1C=CCN=C1. The standard InChI is InChI=1S/C14H13ClN2/c1-9-14(10-3-2-6-16-8-10)12-7-11(15)4-5-13(12)17-9/h2-5,7-8,10,17H,6H2,1H3. The predicted octanol–water partition coefficient (Wildman–Crippen LogP) is 3.85. The van der Waals surface area contributed by atoms with Crippen LogP contribution in [-0.2, 0) is 0 Å². The van der Waals surface area contributed by atoms with Gasteiger partial charge < -0.3 is 4.98 Å². The molecule has 1 unspecified atom stereocenters. The molecule has 3 heteroatoms. The third-order valence-corrected chi connectivity index (χ3v) is 3.39. The van der Waals surface area contributed by atoms with Gasteiger partial charge in [0.25, 0.3) is 0 Å². The van der Waals surface area contributed by atoms with Crippen LogP contribution in [0.3, 0.4) is 0 Å². The molecule has 0 radical (unpaired) electrons. The lowest BCUT2D eigenvalue weighted by Gasteiger charge is -2.11. The maximum Gasteiger partial charge on any atom is 0.0567 e. The van der Waals surface area contributed by atoms with Crippen LogP contribution in [0.25, 0.3) is 10.9 Å². The molecule has 0 amide bonds. The second kappa shape index (κ2) is 4.04. The van der Waals surface area contributed by atoms with Crippen molar-refractivity contribution in [3.63, 3.8) is 0 Å². The van der Waals surface area contributed by atoms with Crippen LogP contribution in [0.15, 0.2) is 35.3 Å². The number of allylic oxidation sites excluding steroid dienone is 1. The predicted molar refractivity (Wildman–Crippen MR) is 73.3 cm³/mol. The van der Waals surface area contributed by atoms with E-state index in [1.165, 1.54) is 16.6 Å². The summed E-state index contributed by atoms with van der Waals surface area (Å²) in [6.07, 6.45) is 6.31. The van der Waals surface area contributed by atoms with Gasteiger partial charge in [-0.3, -0.25) is 4.99 Å². The summed E-state index contributed by atoms with van der Waals surface area (Å²) in [7, 11) is 0. The summed E-state index contributed by atoms with van der Waals surface area (Å²) in [4.78, 5) is 7.72. The van der Waals surface area contributed by atoms with Crippen molar-refractivity contribution in [2.75, 3.05) is 6.54 Å². The average Bonchev–Trinajstić information content (AvgIpc) is 2.65. The second-order valence-corrected chi connectivity index (χ2v) is 4.76. The molecule has 0 saturated carbocycles. The third kappa shape index (κ3) is 1.79. The van der Waals surface area contributed by atoms with E-state index < -0.39 is 0 Å². The van der Waals surface area contributed by atoms with Gasteiger partial charge in [-0.25, -0.2) is 0 Å². The van der Waals surface area contributed by atoms with Crippen molar-refractivity contribution in [1.82, 2.24) is 4.98 Å². The fourth-order valence-corrected chi connectivity index (χ4v) is 2.58. The third-order valence-electron chi connectivity index (χ3n) is 3.15. The van der Waals surface area contributed by atoms with Gasteiger partial charge in [0.15, 0.2) is 0 Å². The molecule has 17 heavy (non-hydrogen) atoms. The summed E-state index contributed by atoms with van der Waals surface area (Å²) >= 11 is 6.07. The van der Waals surface area contributed by atoms with Crippen molar-refractivity contribution < 1.29 is 0 Å². The summed E-state index contributed by atoms with van der Waals surface area (Å²) < 4.78 is 0. The van der Waals surface area contributed by atoms with Crippen LogP contribution in [-0.4, -0.2) is 17.7 Å². The highest BCUT2D eigenvalue weighted by Crippen LogP contribution is 2.31. The minimum absolute atomic E-state index is 0.260. The van der Waals surface area contributed by atoms with Gasteiger partial charge in [0.1, 0.15) is 0 Å². The summed E-state index contributed by atoms with van der Waals surface area (Å²) in [5, 5.41) is 1.97. The van der Waals surface area contributed by atoms with E-state index in [2.05, 4.69) is 29.1 Å². The van der Waals surface area contributed by atoms with Gasteiger partial charge >= 0.3 is 0 Å². The van der Waals surface area contributed by atoms with E-state index in [-0.39, 0.29) is 5.92 Å². The highest BCUT2D eigenvalue weighted by atomic mass is 35.5. The first kappa shape index (κ1) is 10.6. The van der Waals surface area contributed by atoms with Crippen LogP contribution in [0.4, 0.5) is 0 Å². The van der Waals surface area contributed by atoms with Gasteiger partial charge in [0, 0.05) is 33.8 Å². The molecule has 0 saturated heterocycles. The van der Waals surface area contributed by atoms with Gasteiger partial charge in [-0.05, 0) is 30.7 Å². The quantitative estimate of drug-likeness (QED) is 0.738. The zero-order valence-corrected chi connectivity index (χ0v) is 10.3. The fraction of sp³-hybridized carbons (Fsp3) is 0.214.